The van der Waals surface area contributed by atoms with E-state index in [-0.39, 0.29) is 6.73 Å². The van der Waals surface area contributed by atoms with Crippen LogP contribution in [0.15, 0.2) is 67.3 Å². The molecule has 3 heterocycles. The number of benzene rings is 1. The van der Waals surface area contributed by atoms with Crippen molar-refractivity contribution < 1.29 is 5.11 Å². The maximum Gasteiger partial charge on any atom is 0.142 e. The molecule has 0 aliphatic heterocycles. The van der Waals surface area contributed by atoms with E-state index in [1.165, 1.54) is 5.56 Å². The zero-order valence-electron chi connectivity index (χ0n) is 12.5. The lowest BCUT2D eigenvalue weighted by Crippen LogP contribution is -1.99. The first-order chi connectivity index (χ1) is 11.3. The smallest absolute Gasteiger partial charge is 0.142 e. The van der Waals surface area contributed by atoms with E-state index in [0.717, 1.165) is 28.7 Å². The summed E-state index contributed by atoms with van der Waals surface area (Å²) in [6.45, 7) is 0.667. The average molecular weight is 304 g/mol. The van der Waals surface area contributed by atoms with Crippen LogP contribution in [0.3, 0.4) is 0 Å². The van der Waals surface area contributed by atoms with Crippen molar-refractivity contribution in [1.82, 2.24) is 19.3 Å². The lowest BCUT2D eigenvalue weighted by Gasteiger charge is -2.03. The molecular formula is C18H16N4O. The molecule has 0 unspecified atom stereocenters. The molecule has 4 rings (SSSR count). The summed E-state index contributed by atoms with van der Waals surface area (Å²) in [5, 5.41) is 14.8. The third-order valence-electron chi connectivity index (χ3n) is 3.95. The number of hydrogen-bond acceptors (Lipinski definition) is 3. The van der Waals surface area contributed by atoms with Gasteiger partial charge in [-0.2, -0.15) is 5.10 Å². The third-order valence-corrected chi connectivity index (χ3v) is 3.95. The van der Waals surface area contributed by atoms with E-state index >= 15 is 0 Å². The van der Waals surface area contributed by atoms with Crippen molar-refractivity contribution in [3.8, 4) is 11.1 Å². The van der Waals surface area contributed by atoms with Crippen molar-refractivity contribution in [2.45, 2.75) is 13.3 Å². The number of fused-ring (bicyclic) bond motifs is 1. The predicted octanol–water partition coefficient (Wildman–Crippen LogP) is 2.90. The highest BCUT2D eigenvalue weighted by Crippen LogP contribution is 2.27. The molecule has 1 N–H and O–H groups in total. The van der Waals surface area contributed by atoms with Crippen molar-refractivity contribution in [2.75, 3.05) is 0 Å². The number of rotatable bonds is 4. The van der Waals surface area contributed by atoms with Crippen LogP contribution in [0, 0.1) is 0 Å². The van der Waals surface area contributed by atoms with Gasteiger partial charge in [0.15, 0.2) is 0 Å². The summed E-state index contributed by atoms with van der Waals surface area (Å²) in [7, 11) is 0. The second-order valence-electron chi connectivity index (χ2n) is 5.43. The van der Waals surface area contributed by atoms with E-state index in [2.05, 4.69) is 22.2 Å². The van der Waals surface area contributed by atoms with Crippen LogP contribution in [0.1, 0.15) is 5.56 Å². The molecule has 1 aromatic carbocycles. The van der Waals surface area contributed by atoms with Gasteiger partial charge in [0.25, 0.3) is 0 Å². The lowest BCUT2D eigenvalue weighted by atomic mass is 10.1. The Morgan fingerprint density at radius 2 is 1.91 bits per heavy atom. The van der Waals surface area contributed by atoms with Gasteiger partial charge < -0.3 is 9.67 Å². The van der Waals surface area contributed by atoms with Crippen LogP contribution >= 0.6 is 0 Å². The van der Waals surface area contributed by atoms with E-state index < -0.39 is 0 Å². The molecule has 0 saturated heterocycles. The van der Waals surface area contributed by atoms with Gasteiger partial charge >= 0.3 is 0 Å². The van der Waals surface area contributed by atoms with Crippen LogP contribution in [0.25, 0.3) is 22.2 Å². The van der Waals surface area contributed by atoms with Crippen molar-refractivity contribution in [3.05, 3.63) is 72.8 Å². The van der Waals surface area contributed by atoms with Crippen LogP contribution in [0.5, 0.6) is 0 Å². The molecule has 23 heavy (non-hydrogen) atoms. The zero-order chi connectivity index (χ0) is 15.6. The molecular weight excluding hydrogens is 288 g/mol. The number of nitrogens with zero attached hydrogens (tertiary/aromatic N) is 4. The zero-order valence-corrected chi connectivity index (χ0v) is 12.5. The molecule has 0 aliphatic carbocycles. The topological polar surface area (TPSA) is 55.9 Å². The van der Waals surface area contributed by atoms with E-state index in [1.807, 2.05) is 53.6 Å². The lowest BCUT2D eigenvalue weighted by molar-refractivity contribution is 0.215. The van der Waals surface area contributed by atoms with Gasteiger partial charge in [-0.3, -0.25) is 4.68 Å². The summed E-state index contributed by atoms with van der Waals surface area (Å²) in [6, 6.07) is 14.2. The molecule has 0 fully saturated rings. The SMILES string of the molecule is OCn1ccc2c(-c3cnn(Cc4ccccc4)c3)ccnc21. The number of aromatic nitrogens is 4. The van der Waals surface area contributed by atoms with Gasteiger partial charge in [0.1, 0.15) is 12.4 Å². The molecule has 0 radical (unpaired) electrons. The highest BCUT2D eigenvalue weighted by atomic mass is 16.3. The first kappa shape index (κ1) is 13.7. The highest BCUT2D eigenvalue weighted by molar-refractivity contribution is 5.92. The van der Waals surface area contributed by atoms with Gasteiger partial charge in [0.2, 0.25) is 0 Å². The Bertz CT molecular complexity index is 940. The van der Waals surface area contributed by atoms with Gasteiger partial charge in [-0.1, -0.05) is 30.3 Å². The predicted molar refractivity (Wildman–Crippen MR) is 88.7 cm³/mol. The largest absolute Gasteiger partial charge is 0.376 e. The first-order valence-corrected chi connectivity index (χ1v) is 7.46. The Labute approximate surface area is 133 Å². The number of aliphatic hydroxyl groups excluding tert-OH is 1. The standard InChI is InChI=1S/C18H16N4O/c23-13-21-9-7-17-16(6-8-19-18(17)21)15-10-20-22(12-15)11-14-4-2-1-3-5-14/h1-10,12,23H,11,13H2. The van der Waals surface area contributed by atoms with E-state index in [1.54, 1.807) is 10.8 Å². The number of aliphatic hydroxyl groups is 1. The van der Waals surface area contributed by atoms with Crippen molar-refractivity contribution in [2.24, 2.45) is 0 Å². The molecule has 3 aromatic heterocycles. The minimum atomic E-state index is -0.0762. The molecule has 4 aromatic rings. The van der Waals surface area contributed by atoms with Gasteiger partial charge in [-0.05, 0) is 23.3 Å². The van der Waals surface area contributed by atoms with E-state index in [9.17, 15) is 5.11 Å². The molecule has 0 amide bonds. The Morgan fingerprint density at radius 1 is 1.04 bits per heavy atom. The quantitative estimate of drug-likeness (QED) is 0.631. The van der Waals surface area contributed by atoms with Gasteiger partial charge in [-0.25, -0.2) is 4.98 Å². The normalized spacial score (nSPS) is 11.2. The number of hydrogen-bond donors (Lipinski definition) is 1. The Hall–Kier alpha value is -2.92. The second-order valence-corrected chi connectivity index (χ2v) is 5.43. The van der Waals surface area contributed by atoms with Crippen molar-refractivity contribution in [3.63, 3.8) is 0 Å². The third kappa shape index (κ3) is 2.51. The van der Waals surface area contributed by atoms with Crippen molar-refractivity contribution >= 4 is 11.0 Å². The highest BCUT2D eigenvalue weighted by Gasteiger charge is 2.10. The van der Waals surface area contributed by atoms with Crippen LogP contribution in [-0.2, 0) is 13.3 Å². The molecule has 114 valence electrons. The molecule has 0 bridgehead atoms. The summed E-state index contributed by atoms with van der Waals surface area (Å²) in [5.74, 6) is 0. The molecule has 0 saturated carbocycles. The average Bonchev–Trinajstić information content (AvgIpc) is 3.22. The minimum absolute atomic E-state index is 0.0762. The van der Waals surface area contributed by atoms with Crippen LogP contribution in [0.2, 0.25) is 0 Å². The van der Waals surface area contributed by atoms with E-state index in [4.69, 9.17) is 0 Å². The summed E-state index contributed by atoms with van der Waals surface area (Å²) in [5.41, 5.74) is 4.11. The van der Waals surface area contributed by atoms with Crippen LogP contribution in [0.4, 0.5) is 0 Å². The second kappa shape index (κ2) is 5.70. The molecule has 0 spiro atoms. The van der Waals surface area contributed by atoms with Gasteiger partial charge in [0, 0.05) is 29.5 Å². The van der Waals surface area contributed by atoms with Crippen LogP contribution < -0.4 is 0 Å². The fraction of sp³-hybridized carbons (Fsp3) is 0.111. The summed E-state index contributed by atoms with van der Waals surface area (Å²) in [6.07, 6.45) is 7.51. The molecule has 0 aliphatic rings. The van der Waals surface area contributed by atoms with Gasteiger partial charge in [0.05, 0.1) is 12.7 Å². The summed E-state index contributed by atoms with van der Waals surface area (Å²) in [4.78, 5) is 4.35. The van der Waals surface area contributed by atoms with Crippen LogP contribution in [-0.4, -0.2) is 24.4 Å². The minimum Gasteiger partial charge on any atom is -0.376 e. The Morgan fingerprint density at radius 3 is 2.74 bits per heavy atom. The maximum atomic E-state index is 9.36. The summed E-state index contributed by atoms with van der Waals surface area (Å²) >= 11 is 0. The maximum absolute atomic E-state index is 9.36. The monoisotopic (exact) mass is 304 g/mol. The Balaban J connectivity index is 1.70. The van der Waals surface area contributed by atoms with E-state index in [0.29, 0.717) is 0 Å². The first-order valence-electron chi connectivity index (χ1n) is 7.46. The van der Waals surface area contributed by atoms with Gasteiger partial charge in [-0.15, -0.1) is 0 Å². The molecule has 5 heteroatoms. The Kier molecular flexibility index (Phi) is 3.40. The molecule has 5 nitrogen and oxygen atoms in total. The molecule has 0 atom stereocenters. The summed E-state index contributed by atoms with van der Waals surface area (Å²) < 4.78 is 3.65. The number of pyridine rings is 1. The fourth-order valence-electron chi connectivity index (χ4n) is 2.82. The van der Waals surface area contributed by atoms with Crippen molar-refractivity contribution in [1.29, 1.82) is 0 Å². The fourth-order valence-corrected chi connectivity index (χ4v) is 2.82.